The van der Waals surface area contributed by atoms with Crippen LogP contribution in [0.4, 0.5) is 0 Å². The number of rotatable bonds is 5. The van der Waals surface area contributed by atoms with Crippen LogP contribution >= 0.6 is 0 Å². The summed E-state index contributed by atoms with van der Waals surface area (Å²) in [6.07, 6.45) is 5.39. The van der Waals surface area contributed by atoms with Crippen molar-refractivity contribution in [1.29, 1.82) is 0 Å². The van der Waals surface area contributed by atoms with Crippen LogP contribution < -0.4 is 5.14 Å². The molecule has 1 aliphatic rings. The van der Waals surface area contributed by atoms with Gasteiger partial charge in [-0.05, 0) is 37.0 Å². The van der Waals surface area contributed by atoms with Crippen LogP contribution in [0.1, 0.15) is 37.7 Å². The van der Waals surface area contributed by atoms with Crippen LogP contribution in [-0.4, -0.2) is 14.2 Å². The molecular weight excluding hydrogens is 262 g/mol. The molecule has 0 atom stereocenters. The zero-order valence-corrected chi connectivity index (χ0v) is 11.7. The monoisotopic (exact) mass is 281 g/mol. The number of benzene rings is 1. The van der Waals surface area contributed by atoms with Gasteiger partial charge >= 0.3 is 0 Å². The number of nitrogens with two attached hydrogens (primary N) is 1. The largest absolute Gasteiger partial charge is 0.299 e. The van der Waals surface area contributed by atoms with Gasteiger partial charge in [0.2, 0.25) is 10.0 Å². The Morgan fingerprint density at radius 1 is 1.26 bits per heavy atom. The maximum Gasteiger partial charge on any atom is 0.238 e. The van der Waals surface area contributed by atoms with Gasteiger partial charge in [0, 0.05) is 12.3 Å². The summed E-state index contributed by atoms with van der Waals surface area (Å²) in [4.78, 5) is 12.1. The summed E-state index contributed by atoms with van der Waals surface area (Å²) in [6, 6.07) is 6.51. The molecule has 0 aliphatic heterocycles. The number of Topliss-reactive ketones (excluding diaryl/α,β-unsaturated/α-hetero) is 1. The first-order chi connectivity index (χ1) is 8.97. The zero-order valence-electron chi connectivity index (χ0n) is 10.8. The van der Waals surface area contributed by atoms with E-state index >= 15 is 0 Å². The Balaban J connectivity index is 1.98. The summed E-state index contributed by atoms with van der Waals surface area (Å²) < 4.78 is 22.5. The maximum atomic E-state index is 12.0. The minimum Gasteiger partial charge on any atom is -0.299 e. The Labute approximate surface area is 114 Å². The smallest absolute Gasteiger partial charge is 0.238 e. The Morgan fingerprint density at radius 3 is 2.58 bits per heavy atom. The number of sulfonamides is 1. The minimum atomic E-state index is -3.66. The average Bonchev–Trinajstić information content (AvgIpc) is 2.89. The molecular formula is C14H19NO3S. The number of hydrogen-bond donors (Lipinski definition) is 1. The summed E-state index contributed by atoms with van der Waals surface area (Å²) >= 11 is 0. The van der Waals surface area contributed by atoms with Crippen LogP contribution in [0.2, 0.25) is 0 Å². The topological polar surface area (TPSA) is 77.2 Å². The second-order valence-corrected chi connectivity index (χ2v) is 6.70. The molecule has 0 bridgehead atoms. The quantitative estimate of drug-likeness (QED) is 0.897. The van der Waals surface area contributed by atoms with Crippen LogP contribution in [0, 0.1) is 5.92 Å². The number of ketones is 1. The molecule has 1 aromatic rings. The van der Waals surface area contributed by atoms with Gasteiger partial charge < -0.3 is 0 Å². The SMILES string of the molecule is NS(=O)(=O)c1cccc(CCC(=O)C2CCCC2)c1. The van der Waals surface area contributed by atoms with Gasteiger partial charge in [-0.3, -0.25) is 4.79 Å². The van der Waals surface area contributed by atoms with E-state index in [1.807, 2.05) is 6.07 Å². The highest BCUT2D eigenvalue weighted by atomic mass is 32.2. The standard InChI is InChI=1S/C14H19NO3S/c15-19(17,18)13-7-3-4-11(10-13)8-9-14(16)12-5-1-2-6-12/h3-4,7,10,12H,1-2,5-6,8-9H2,(H2,15,17,18). The lowest BCUT2D eigenvalue weighted by Crippen LogP contribution is -2.13. The molecule has 0 heterocycles. The van der Waals surface area contributed by atoms with Crippen LogP contribution in [0.5, 0.6) is 0 Å². The van der Waals surface area contributed by atoms with E-state index in [0.29, 0.717) is 18.6 Å². The van der Waals surface area contributed by atoms with Gasteiger partial charge in [0.1, 0.15) is 5.78 Å². The highest BCUT2D eigenvalue weighted by Crippen LogP contribution is 2.26. The van der Waals surface area contributed by atoms with Gasteiger partial charge in [0.15, 0.2) is 0 Å². The van der Waals surface area contributed by atoms with Gasteiger partial charge in [-0.25, -0.2) is 13.6 Å². The molecule has 104 valence electrons. The Morgan fingerprint density at radius 2 is 1.95 bits per heavy atom. The van der Waals surface area contributed by atoms with E-state index < -0.39 is 10.0 Å². The molecule has 1 fully saturated rings. The molecule has 0 unspecified atom stereocenters. The van der Waals surface area contributed by atoms with Crippen LogP contribution in [-0.2, 0) is 21.2 Å². The van der Waals surface area contributed by atoms with Crippen molar-refractivity contribution in [2.45, 2.75) is 43.4 Å². The first-order valence-corrected chi connectivity index (χ1v) is 8.16. The second kappa shape index (κ2) is 5.84. The fraction of sp³-hybridized carbons (Fsp3) is 0.500. The summed E-state index contributed by atoms with van der Waals surface area (Å²) in [6.45, 7) is 0. The van der Waals surface area contributed by atoms with Crippen molar-refractivity contribution in [3.05, 3.63) is 29.8 Å². The highest BCUT2D eigenvalue weighted by molar-refractivity contribution is 7.89. The van der Waals surface area contributed by atoms with Crippen molar-refractivity contribution in [3.8, 4) is 0 Å². The van der Waals surface area contributed by atoms with Crippen molar-refractivity contribution >= 4 is 15.8 Å². The molecule has 2 N–H and O–H groups in total. The summed E-state index contributed by atoms with van der Waals surface area (Å²) in [5.74, 6) is 0.528. The molecule has 2 rings (SSSR count). The summed E-state index contributed by atoms with van der Waals surface area (Å²) in [5, 5.41) is 5.09. The van der Waals surface area contributed by atoms with Crippen LogP contribution in [0.15, 0.2) is 29.2 Å². The third-order valence-electron chi connectivity index (χ3n) is 3.70. The second-order valence-electron chi connectivity index (χ2n) is 5.14. The number of primary sulfonamides is 1. The fourth-order valence-electron chi connectivity index (χ4n) is 2.60. The first kappa shape index (κ1) is 14.2. The van der Waals surface area contributed by atoms with E-state index in [0.717, 1.165) is 31.2 Å². The van der Waals surface area contributed by atoms with E-state index in [-0.39, 0.29) is 10.8 Å². The molecule has 0 aromatic heterocycles. The molecule has 1 saturated carbocycles. The molecule has 19 heavy (non-hydrogen) atoms. The number of carbonyl (C=O) groups excluding carboxylic acids is 1. The maximum absolute atomic E-state index is 12.0. The lowest BCUT2D eigenvalue weighted by Gasteiger charge is -2.08. The average molecular weight is 281 g/mol. The van der Waals surface area contributed by atoms with E-state index in [2.05, 4.69) is 0 Å². The molecule has 5 heteroatoms. The minimum absolute atomic E-state index is 0.110. The number of carbonyl (C=O) groups is 1. The van der Waals surface area contributed by atoms with Crippen LogP contribution in [0.3, 0.4) is 0 Å². The first-order valence-electron chi connectivity index (χ1n) is 6.61. The summed E-state index contributed by atoms with van der Waals surface area (Å²) in [5.41, 5.74) is 0.845. The van der Waals surface area contributed by atoms with E-state index in [4.69, 9.17) is 5.14 Å². The van der Waals surface area contributed by atoms with E-state index in [9.17, 15) is 13.2 Å². The van der Waals surface area contributed by atoms with Gasteiger partial charge in [0.05, 0.1) is 4.90 Å². The highest BCUT2D eigenvalue weighted by Gasteiger charge is 2.22. The number of hydrogen-bond acceptors (Lipinski definition) is 3. The third kappa shape index (κ3) is 3.88. The lowest BCUT2D eigenvalue weighted by atomic mass is 9.97. The van der Waals surface area contributed by atoms with E-state index in [1.54, 1.807) is 12.1 Å². The van der Waals surface area contributed by atoms with Gasteiger partial charge in [-0.1, -0.05) is 25.0 Å². The van der Waals surface area contributed by atoms with Gasteiger partial charge in [0.25, 0.3) is 0 Å². The molecule has 0 spiro atoms. The molecule has 1 aliphatic carbocycles. The van der Waals surface area contributed by atoms with Crippen molar-refractivity contribution < 1.29 is 13.2 Å². The molecule has 0 saturated heterocycles. The van der Waals surface area contributed by atoms with Crippen molar-refractivity contribution in [2.24, 2.45) is 11.1 Å². The van der Waals surface area contributed by atoms with Crippen molar-refractivity contribution in [1.82, 2.24) is 0 Å². The molecule has 0 amide bonds. The van der Waals surface area contributed by atoms with Gasteiger partial charge in [-0.2, -0.15) is 0 Å². The van der Waals surface area contributed by atoms with E-state index in [1.165, 1.54) is 6.07 Å². The molecule has 4 nitrogen and oxygen atoms in total. The zero-order chi connectivity index (χ0) is 13.9. The Bertz CT molecular complexity index is 560. The predicted octanol–water partition coefficient (Wildman–Crippen LogP) is 2.03. The third-order valence-corrected chi connectivity index (χ3v) is 4.61. The molecule has 1 aromatic carbocycles. The van der Waals surface area contributed by atoms with Crippen molar-refractivity contribution in [2.75, 3.05) is 0 Å². The lowest BCUT2D eigenvalue weighted by molar-refractivity contribution is -0.122. The van der Waals surface area contributed by atoms with Crippen molar-refractivity contribution in [3.63, 3.8) is 0 Å². The predicted molar refractivity (Wildman–Crippen MR) is 73.1 cm³/mol. The normalized spacial score (nSPS) is 16.7. The fourth-order valence-corrected chi connectivity index (χ4v) is 3.18. The summed E-state index contributed by atoms with van der Waals surface area (Å²) in [7, 11) is -3.66. The van der Waals surface area contributed by atoms with Gasteiger partial charge in [-0.15, -0.1) is 0 Å². The molecule has 0 radical (unpaired) electrons. The Hall–Kier alpha value is -1.20. The Kier molecular flexibility index (Phi) is 4.37. The van der Waals surface area contributed by atoms with Crippen LogP contribution in [0.25, 0.3) is 0 Å². The number of aryl methyl sites for hydroxylation is 1.